The zero-order valence-electron chi connectivity index (χ0n) is 15.4. The molecule has 0 amide bonds. The van der Waals surface area contributed by atoms with Crippen molar-refractivity contribution in [1.82, 2.24) is 15.0 Å². The maximum Gasteiger partial charge on any atom is 0.310 e. The van der Waals surface area contributed by atoms with Gasteiger partial charge in [-0.1, -0.05) is 37.3 Å². The summed E-state index contributed by atoms with van der Waals surface area (Å²) in [6, 6.07) is 13.4. The van der Waals surface area contributed by atoms with Crippen LogP contribution in [-0.4, -0.2) is 20.9 Å². The average Bonchev–Trinajstić information content (AvgIpc) is 2.68. The van der Waals surface area contributed by atoms with Crippen LogP contribution in [0.2, 0.25) is 0 Å². The molecule has 0 spiro atoms. The SMILES string of the molecule is CCc1ccccc1Nc1nc(N)nc(COC(=O)Cc2ccc(F)cc2)n1. The lowest BCUT2D eigenvalue weighted by Gasteiger charge is -2.11. The first-order valence-corrected chi connectivity index (χ1v) is 8.79. The number of rotatable bonds is 7. The number of carbonyl (C=O) groups excluding carboxylic acids is 1. The van der Waals surface area contributed by atoms with Gasteiger partial charge in [0.05, 0.1) is 6.42 Å². The number of aromatic nitrogens is 3. The van der Waals surface area contributed by atoms with Crippen molar-refractivity contribution in [2.45, 2.75) is 26.4 Å². The van der Waals surface area contributed by atoms with Crippen LogP contribution in [0.15, 0.2) is 48.5 Å². The van der Waals surface area contributed by atoms with Gasteiger partial charge >= 0.3 is 5.97 Å². The fourth-order valence-electron chi connectivity index (χ4n) is 2.59. The van der Waals surface area contributed by atoms with Gasteiger partial charge < -0.3 is 15.8 Å². The van der Waals surface area contributed by atoms with Gasteiger partial charge in [0.25, 0.3) is 0 Å². The van der Waals surface area contributed by atoms with E-state index in [0.29, 0.717) is 5.56 Å². The lowest BCUT2D eigenvalue weighted by molar-refractivity contribution is -0.144. The minimum Gasteiger partial charge on any atom is -0.457 e. The Morgan fingerprint density at radius 1 is 1.11 bits per heavy atom. The first-order chi connectivity index (χ1) is 13.5. The predicted octanol–water partition coefficient (Wildman–Crippen LogP) is 3.18. The third-order valence-corrected chi connectivity index (χ3v) is 3.97. The number of nitrogen functional groups attached to an aromatic ring is 1. The molecule has 0 atom stereocenters. The number of benzene rings is 2. The molecule has 28 heavy (non-hydrogen) atoms. The number of anilines is 3. The highest BCUT2D eigenvalue weighted by molar-refractivity contribution is 5.72. The number of hydrogen-bond donors (Lipinski definition) is 2. The molecule has 0 aliphatic heterocycles. The van der Waals surface area contributed by atoms with Gasteiger partial charge in [0.1, 0.15) is 5.82 Å². The van der Waals surface area contributed by atoms with E-state index in [2.05, 4.69) is 20.3 Å². The summed E-state index contributed by atoms with van der Waals surface area (Å²) in [7, 11) is 0. The van der Waals surface area contributed by atoms with E-state index < -0.39 is 5.97 Å². The summed E-state index contributed by atoms with van der Waals surface area (Å²) in [5, 5.41) is 3.12. The second kappa shape index (κ2) is 8.90. The summed E-state index contributed by atoms with van der Waals surface area (Å²) in [6.45, 7) is 1.91. The van der Waals surface area contributed by atoms with E-state index in [0.717, 1.165) is 17.7 Å². The Bertz CT molecular complexity index is 963. The summed E-state index contributed by atoms with van der Waals surface area (Å²) >= 11 is 0. The summed E-state index contributed by atoms with van der Waals surface area (Å²) in [6.07, 6.45) is 0.868. The number of esters is 1. The lowest BCUT2D eigenvalue weighted by Crippen LogP contribution is -2.12. The fraction of sp³-hybridized carbons (Fsp3) is 0.200. The molecule has 3 aromatic rings. The number of nitrogens with two attached hydrogens (primary N) is 1. The van der Waals surface area contributed by atoms with Crippen LogP contribution in [0.5, 0.6) is 0 Å². The van der Waals surface area contributed by atoms with Crippen molar-refractivity contribution in [3.63, 3.8) is 0 Å². The highest BCUT2D eigenvalue weighted by Crippen LogP contribution is 2.19. The third kappa shape index (κ3) is 5.23. The standard InChI is InChI=1S/C20H20FN5O2/c1-2-14-5-3-4-6-16(14)23-20-25-17(24-19(22)26-20)12-28-18(27)11-13-7-9-15(21)10-8-13/h3-10H,2,11-12H2,1H3,(H3,22,23,24,25,26). The maximum atomic E-state index is 12.9. The second-order valence-electron chi connectivity index (χ2n) is 6.03. The molecule has 2 aromatic carbocycles. The molecular weight excluding hydrogens is 361 g/mol. The van der Waals surface area contributed by atoms with Crippen LogP contribution in [0.1, 0.15) is 23.9 Å². The number of carbonyl (C=O) groups is 1. The summed E-state index contributed by atoms with van der Waals surface area (Å²) in [5.74, 6) is -0.302. The molecule has 1 aromatic heterocycles. The molecule has 8 heteroatoms. The quantitative estimate of drug-likeness (QED) is 0.606. The number of aryl methyl sites for hydroxylation is 1. The molecule has 0 radical (unpaired) electrons. The smallest absolute Gasteiger partial charge is 0.310 e. The summed E-state index contributed by atoms with van der Waals surface area (Å²) < 4.78 is 18.1. The Labute approximate surface area is 161 Å². The van der Waals surface area contributed by atoms with Crippen molar-refractivity contribution >= 4 is 23.6 Å². The Morgan fingerprint density at radius 2 is 1.86 bits per heavy atom. The van der Waals surface area contributed by atoms with Crippen LogP contribution in [0.4, 0.5) is 22.0 Å². The molecule has 1 heterocycles. The van der Waals surface area contributed by atoms with E-state index >= 15 is 0 Å². The van der Waals surface area contributed by atoms with E-state index in [1.807, 2.05) is 31.2 Å². The number of hydrogen-bond acceptors (Lipinski definition) is 7. The summed E-state index contributed by atoms with van der Waals surface area (Å²) in [4.78, 5) is 24.3. The van der Waals surface area contributed by atoms with Crippen LogP contribution >= 0.6 is 0 Å². The number of para-hydroxylation sites is 1. The first kappa shape index (κ1) is 19.2. The fourth-order valence-corrected chi connectivity index (χ4v) is 2.59. The van der Waals surface area contributed by atoms with Gasteiger partial charge in [-0.15, -0.1) is 0 Å². The zero-order valence-corrected chi connectivity index (χ0v) is 15.4. The maximum absolute atomic E-state index is 12.9. The van der Waals surface area contributed by atoms with Crippen LogP contribution in [0.25, 0.3) is 0 Å². The first-order valence-electron chi connectivity index (χ1n) is 8.79. The highest BCUT2D eigenvalue weighted by atomic mass is 19.1. The predicted molar refractivity (Wildman–Crippen MR) is 103 cm³/mol. The van der Waals surface area contributed by atoms with Crippen molar-refractivity contribution in [1.29, 1.82) is 0 Å². The number of halogens is 1. The van der Waals surface area contributed by atoms with Crippen molar-refractivity contribution < 1.29 is 13.9 Å². The van der Waals surface area contributed by atoms with Crippen LogP contribution in [-0.2, 0) is 29.0 Å². The van der Waals surface area contributed by atoms with Gasteiger partial charge in [0, 0.05) is 5.69 Å². The van der Waals surface area contributed by atoms with Crippen LogP contribution in [0.3, 0.4) is 0 Å². The number of nitrogens with one attached hydrogen (secondary N) is 1. The molecule has 0 aliphatic rings. The van der Waals surface area contributed by atoms with E-state index in [-0.39, 0.29) is 36.6 Å². The van der Waals surface area contributed by atoms with Gasteiger partial charge in [-0.25, -0.2) is 4.39 Å². The number of ether oxygens (including phenoxy) is 1. The molecule has 3 rings (SSSR count). The molecule has 0 unspecified atom stereocenters. The van der Waals surface area contributed by atoms with Gasteiger partial charge in [0.2, 0.25) is 11.9 Å². The molecule has 0 saturated heterocycles. The topological polar surface area (TPSA) is 103 Å². The van der Waals surface area contributed by atoms with Crippen molar-refractivity contribution in [3.05, 3.63) is 71.3 Å². The molecule has 7 nitrogen and oxygen atoms in total. The van der Waals surface area contributed by atoms with Gasteiger partial charge in [0.15, 0.2) is 12.4 Å². The minimum atomic E-state index is -0.476. The molecule has 0 aliphatic carbocycles. The van der Waals surface area contributed by atoms with Crippen molar-refractivity contribution in [2.75, 3.05) is 11.1 Å². The van der Waals surface area contributed by atoms with Gasteiger partial charge in [-0.05, 0) is 35.7 Å². The third-order valence-electron chi connectivity index (χ3n) is 3.97. The minimum absolute atomic E-state index is 0.0236. The molecule has 144 valence electrons. The largest absolute Gasteiger partial charge is 0.457 e. The van der Waals surface area contributed by atoms with Gasteiger partial charge in [-0.2, -0.15) is 15.0 Å². The lowest BCUT2D eigenvalue weighted by atomic mass is 10.1. The summed E-state index contributed by atoms with van der Waals surface area (Å²) in [5.41, 5.74) is 8.38. The highest BCUT2D eigenvalue weighted by Gasteiger charge is 2.10. The van der Waals surface area contributed by atoms with Crippen molar-refractivity contribution in [3.8, 4) is 0 Å². The zero-order chi connectivity index (χ0) is 19.9. The Balaban J connectivity index is 1.64. The van der Waals surface area contributed by atoms with Crippen LogP contribution in [0, 0.1) is 5.82 Å². The van der Waals surface area contributed by atoms with E-state index in [1.54, 1.807) is 0 Å². The van der Waals surface area contributed by atoms with Crippen molar-refractivity contribution in [2.24, 2.45) is 0 Å². The molecular formula is C20H20FN5O2. The Kier molecular flexibility index (Phi) is 6.11. The number of nitrogens with zero attached hydrogens (tertiary/aromatic N) is 3. The second-order valence-corrected chi connectivity index (χ2v) is 6.03. The molecule has 0 saturated carbocycles. The molecule has 0 bridgehead atoms. The normalized spacial score (nSPS) is 10.5. The average molecular weight is 381 g/mol. The Hall–Kier alpha value is -3.55. The van der Waals surface area contributed by atoms with E-state index in [1.165, 1.54) is 24.3 Å². The Morgan fingerprint density at radius 3 is 2.61 bits per heavy atom. The molecule has 3 N–H and O–H groups in total. The molecule has 0 fully saturated rings. The van der Waals surface area contributed by atoms with E-state index in [4.69, 9.17) is 10.5 Å². The monoisotopic (exact) mass is 381 g/mol. The van der Waals surface area contributed by atoms with Crippen LogP contribution < -0.4 is 11.1 Å². The van der Waals surface area contributed by atoms with E-state index in [9.17, 15) is 9.18 Å². The van der Waals surface area contributed by atoms with Gasteiger partial charge in [-0.3, -0.25) is 4.79 Å².